The highest BCUT2D eigenvalue weighted by Crippen LogP contribution is 2.29. The van der Waals surface area contributed by atoms with Gasteiger partial charge in [0.1, 0.15) is 5.60 Å². The fourth-order valence-electron chi connectivity index (χ4n) is 0.782. The maximum atomic E-state index is 11.0. The van der Waals surface area contributed by atoms with Crippen LogP contribution in [0.15, 0.2) is 0 Å². The first-order chi connectivity index (χ1) is 6.88. The molecule has 0 aromatic carbocycles. The van der Waals surface area contributed by atoms with Gasteiger partial charge in [-0.2, -0.15) is 5.48 Å². The second kappa shape index (κ2) is 4.48. The van der Waals surface area contributed by atoms with E-state index in [1.807, 2.05) is 5.48 Å². The zero-order chi connectivity index (χ0) is 11.5. The lowest BCUT2D eigenvalue weighted by atomic mass is 10.2. The van der Waals surface area contributed by atoms with Crippen molar-refractivity contribution in [2.45, 2.75) is 39.2 Å². The number of carbonyl (C=O) groups is 2. The van der Waals surface area contributed by atoms with Crippen molar-refractivity contribution in [3.63, 3.8) is 0 Å². The Bertz CT molecular complexity index is 254. The Balaban J connectivity index is 2.08. The van der Waals surface area contributed by atoms with Crippen LogP contribution in [0.4, 0.5) is 4.79 Å². The van der Waals surface area contributed by atoms with Gasteiger partial charge in [0.2, 0.25) is 0 Å². The summed E-state index contributed by atoms with van der Waals surface area (Å²) in [6.45, 7) is 5.13. The molecule has 0 saturated heterocycles. The SMILES string of the molecule is CC(C)(C)OC(=O)NOOC(=O)C1CC1. The normalized spacial score (nSPS) is 15.7. The van der Waals surface area contributed by atoms with Crippen molar-refractivity contribution in [3.8, 4) is 0 Å². The van der Waals surface area contributed by atoms with Crippen LogP contribution in [0.25, 0.3) is 0 Å². The largest absolute Gasteiger partial charge is 0.442 e. The minimum Gasteiger partial charge on any atom is -0.442 e. The summed E-state index contributed by atoms with van der Waals surface area (Å²) in [5.41, 5.74) is 1.23. The third kappa shape index (κ3) is 5.21. The topological polar surface area (TPSA) is 73.9 Å². The summed E-state index contributed by atoms with van der Waals surface area (Å²) in [7, 11) is 0. The van der Waals surface area contributed by atoms with Crippen molar-refractivity contribution in [2.24, 2.45) is 5.92 Å². The molecule has 1 aliphatic rings. The van der Waals surface area contributed by atoms with Crippen molar-refractivity contribution < 1.29 is 24.2 Å². The quantitative estimate of drug-likeness (QED) is 0.570. The van der Waals surface area contributed by atoms with E-state index >= 15 is 0 Å². The second-order valence-corrected chi connectivity index (χ2v) is 4.36. The molecule has 0 aliphatic heterocycles. The average molecular weight is 217 g/mol. The highest BCUT2D eigenvalue weighted by Gasteiger charge is 2.32. The Labute approximate surface area is 87.7 Å². The molecular weight excluding hydrogens is 202 g/mol. The average Bonchev–Trinajstić information content (AvgIpc) is 2.81. The molecule has 0 spiro atoms. The molecule has 1 amide bonds. The summed E-state index contributed by atoms with van der Waals surface area (Å²) in [5.74, 6) is -0.545. The smallest absolute Gasteiger partial charge is 0.435 e. The predicted octanol–water partition coefficient (Wildman–Crippen LogP) is 1.31. The Hall–Kier alpha value is -1.30. The Kier molecular flexibility index (Phi) is 3.52. The first-order valence-corrected chi connectivity index (χ1v) is 4.75. The summed E-state index contributed by atoms with van der Waals surface area (Å²) >= 11 is 0. The van der Waals surface area contributed by atoms with Gasteiger partial charge in [0.25, 0.3) is 0 Å². The lowest BCUT2D eigenvalue weighted by Gasteiger charge is -2.18. The number of amides is 1. The molecule has 0 unspecified atom stereocenters. The van der Waals surface area contributed by atoms with Crippen LogP contribution in [0, 0.1) is 5.92 Å². The molecule has 0 heterocycles. The van der Waals surface area contributed by atoms with Crippen molar-refractivity contribution >= 4 is 12.1 Å². The summed E-state index contributed by atoms with van der Waals surface area (Å²) in [6, 6.07) is 0. The molecule has 6 heteroatoms. The minimum atomic E-state index is -0.800. The van der Waals surface area contributed by atoms with Gasteiger partial charge in [-0.1, -0.05) is 4.99 Å². The van der Waals surface area contributed by atoms with E-state index in [2.05, 4.69) is 9.88 Å². The molecule has 6 nitrogen and oxygen atoms in total. The fraction of sp³-hybridized carbons (Fsp3) is 0.778. The van der Waals surface area contributed by atoms with E-state index in [-0.39, 0.29) is 5.92 Å². The lowest BCUT2D eigenvalue weighted by molar-refractivity contribution is -0.302. The maximum absolute atomic E-state index is 11.0. The number of carbonyl (C=O) groups excluding carboxylic acids is 2. The van der Waals surface area contributed by atoms with Crippen LogP contribution in [-0.2, 0) is 19.4 Å². The van der Waals surface area contributed by atoms with Crippen LogP contribution >= 0.6 is 0 Å². The van der Waals surface area contributed by atoms with Crippen LogP contribution in [0.5, 0.6) is 0 Å². The number of hydrogen-bond acceptors (Lipinski definition) is 5. The van der Waals surface area contributed by atoms with Gasteiger partial charge in [-0.15, -0.1) is 0 Å². The van der Waals surface area contributed by atoms with Crippen molar-refractivity contribution in [1.82, 2.24) is 5.48 Å². The van der Waals surface area contributed by atoms with E-state index in [1.165, 1.54) is 0 Å². The van der Waals surface area contributed by atoms with Gasteiger partial charge in [-0.05, 0) is 33.6 Å². The van der Waals surface area contributed by atoms with Crippen LogP contribution in [0.3, 0.4) is 0 Å². The summed E-state index contributed by atoms with van der Waals surface area (Å²) in [6.07, 6.45) is 0.828. The molecule has 15 heavy (non-hydrogen) atoms. The number of ether oxygens (including phenoxy) is 1. The Morgan fingerprint density at radius 3 is 2.33 bits per heavy atom. The monoisotopic (exact) mass is 217 g/mol. The third-order valence-electron chi connectivity index (χ3n) is 1.56. The fourth-order valence-corrected chi connectivity index (χ4v) is 0.782. The molecule has 0 aromatic rings. The predicted molar refractivity (Wildman–Crippen MR) is 49.3 cm³/mol. The van der Waals surface area contributed by atoms with E-state index in [9.17, 15) is 9.59 Å². The molecule has 0 aromatic heterocycles. The van der Waals surface area contributed by atoms with Gasteiger partial charge in [0, 0.05) is 0 Å². The van der Waals surface area contributed by atoms with Crippen LogP contribution in [0.2, 0.25) is 0 Å². The van der Waals surface area contributed by atoms with Gasteiger partial charge in [0.05, 0.1) is 5.92 Å². The van der Waals surface area contributed by atoms with E-state index in [4.69, 9.17) is 4.74 Å². The highest BCUT2D eigenvalue weighted by atomic mass is 17.3. The molecule has 1 fully saturated rings. The summed E-state index contributed by atoms with van der Waals surface area (Å²) in [4.78, 5) is 30.4. The van der Waals surface area contributed by atoms with E-state index in [0.29, 0.717) is 0 Å². The Morgan fingerprint density at radius 1 is 1.27 bits per heavy atom. The van der Waals surface area contributed by atoms with E-state index < -0.39 is 17.7 Å². The van der Waals surface area contributed by atoms with Gasteiger partial charge < -0.3 is 4.74 Å². The second-order valence-electron chi connectivity index (χ2n) is 4.36. The standard InChI is InChI=1S/C9H15NO5/c1-9(2,3)13-8(12)10-15-14-7(11)6-4-5-6/h6H,4-5H2,1-3H3,(H,10,12). The van der Waals surface area contributed by atoms with Crippen molar-refractivity contribution in [1.29, 1.82) is 0 Å². The summed E-state index contributed by atoms with van der Waals surface area (Å²) < 4.78 is 4.83. The van der Waals surface area contributed by atoms with E-state index in [1.54, 1.807) is 20.8 Å². The molecule has 1 N–H and O–H groups in total. The molecular formula is C9H15NO5. The third-order valence-corrected chi connectivity index (χ3v) is 1.56. The highest BCUT2D eigenvalue weighted by molar-refractivity contribution is 5.74. The van der Waals surface area contributed by atoms with Crippen LogP contribution in [-0.4, -0.2) is 17.7 Å². The molecule has 0 atom stereocenters. The number of hydrogen-bond donors (Lipinski definition) is 1. The molecule has 0 bridgehead atoms. The lowest BCUT2D eigenvalue weighted by Crippen LogP contribution is -2.33. The van der Waals surface area contributed by atoms with Crippen molar-refractivity contribution in [3.05, 3.63) is 0 Å². The first kappa shape index (κ1) is 11.8. The zero-order valence-corrected chi connectivity index (χ0v) is 9.03. The molecule has 86 valence electrons. The number of hydroxylamine groups is 1. The Morgan fingerprint density at radius 2 is 1.87 bits per heavy atom. The summed E-state index contributed by atoms with van der Waals surface area (Å²) in [5, 5.41) is 0. The number of nitrogens with one attached hydrogen (secondary N) is 1. The molecule has 1 aliphatic carbocycles. The number of rotatable bonds is 3. The minimum absolute atomic E-state index is 0.0783. The molecule has 1 rings (SSSR count). The van der Waals surface area contributed by atoms with E-state index in [0.717, 1.165) is 12.8 Å². The van der Waals surface area contributed by atoms with Gasteiger partial charge >= 0.3 is 12.1 Å². The molecule has 1 saturated carbocycles. The van der Waals surface area contributed by atoms with Crippen LogP contribution in [0.1, 0.15) is 33.6 Å². The first-order valence-electron chi connectivity index (χ1n) is 4.75. The van der Waals surface area contributed by atoms with Gasteiger partial charge in [-0.3, -0.25) is 4.89 Å². The van der Waals surface area contributed by atoms with Crippen LogP contribution < -0.4 is 5.48 Å². The maximum Gasteiger partial charge on any atom is 0.435 e. The van der Waals surface area contributed by atoms with Gasteiger partial charge in [-0.25, -0.2) is 9.59 Å². The van der Waals surface area contributed by atoms with Crippen molar-refractivity contribution in [2.75, 3.05) is 0 Å². The zero-order valence-electron chi connectivity index (χ0n) is 9.03. The van der Waals surface area contributed by atoms with Gasteiger partial charge in [0.15, 0.2) is 0 Å². The molecule has 0 radical (unpaired) electrons.